The lowest BCUT2D eigenvalue weighted by molar-refractivity contribution is -0.127. The average Bonchev–Trinajstić information content (AvgIpc) is 2.77. The average molecular weight is 512 g/mol. The number of carbonyl (C=O) groups is 4. The van der Waals surface area contributed by atoms with Crippen molar-refractivity contribution in [2.24, 2.45) is 5.73 Å². The van der Waals surface area contributed by atoms with E-state index in [9.17, 15) is 24.3 Å². The van der Waals surface area contributed by atoms with Crippen LogP contribution < -0.4 is 32.3 Å². The summed E-state index contributed by atoms with van der Waals surface area (Å²) in [6.45, 7) is -1.30. The maximum atomic E-state index is 12.2. The van der Waals surface area contributed by atoms with E-state index in [0.717, 1.165) is 0 Å². The Morgan fingerprint density at radius 2 is 1.68 bits per heavy atom. The van der Waals surface area contributed by atoms with Crippen LogP contribution in [0.2, 0.25) is 5.02 Å². The molecule has 14 heteroatoms. The van der Waals surface area contributed by atoms with Gasteiger partial charge < -0.3 is 32.1 Å². The Kier molecular flexibility index (Phi) is 11.3. The number of guanidine groups is 1. The molecule has 182 valence electrons. The molecule has 2 rings (SSSR count). The second-order valence-electron chi connectivity index (χ2n) is 6.52. The van der Waals surface area contributed by atoms with E-state index in [1.807, 2.05) is 0 Å². The molecular weight excluding hydrogens is 489 g/mol. The summed E-state index contributed by atoms with van der Waals surface area (Å²) in [5.41, 5.74) is 6.16. The van der Waals surface area contributed by atoms with Gasteiger partial charge in [-0.1, -0.05) is 23.7 Å². The van der Waals surface area contributed by atoms with Gasteiger partial charge in [0.2, 0.25) is 11.8 Å². The lowest BCUT2D eigenvalue weighted by Gasteiger charge is -2.17. The minimum atomic E-state index is -1.35. The van der Waals surface area contributed by atoms with Gasteiger partial charge >= 0.3 is 6.03 Å². The van der Waals surface area contributed by atoms with E-state index in [0.29, 0.717) is 11.4 Å². The Bertz CT molecular complexity index is 1050. The smallest absolute Gasteiger partial charge is 0.320 e. The Labute approximate surface area is 205 Å². The predicted molar refractivity (Wildman–Crippen MR) is 129 cm³/mol. The number of benzene rings is 2. The monoisotopic (exact) mass is 511 g/mol. The van der Waals surface area contributed by atoms with Gasteiger partial charge in [0, 0.05) is 11.3 Å². The van der Waals surface area contributed by atoms with E-state index in [-0.39, 0.29) is 29.0 Å². The topological polar surface area (TPSA) is 199 Å². The molecule has 0 heterocycles. The molecule has 2 aromatic carbocycles. The summed E-state index contributed by atoms with van der Waals surface area (Å²) in [5.74, 6) is -2.62. The van der Waals surface area contributed by atoms with E-state index in [2.05, 4.69) is 26.6 Å². The first kappa shape index (κ1) is 28.2. The largest absolute Gasteiger partial charge is 0.394 e. The van der Waals surface area contributed by atoms with Crippen LogP contribution >= 0.6 is 24.0 Å². The molecule has 12 nitrogen and oxygen atoms in total. The molecule has 0 spiro atoms. The number of rotatable bonds is 8. The van der Waals surface area contributed by atoms with E-state index in [1.54, 1.807) is 24.3 Å². The highest BCUT2D eigenvalue weighted by molar-refractivity contribution is 6.33. The number of aliphatic hydroxyl groups is 1. The van der Waals surface area contributed by atoms with Crippen molar-refractivity contribution in [2.75, 3.05) is 23.8 Å². The Hall–Kier alpha value is -3.87. The van der Waals surface area contributed by atoms with Gasteiger partial charge in [-0.3, -0.25) is 25.1 Å². The number of amides is 5. The molecule has 1 atom stereocenters. The van der Waals surface area contributed by atoms with Gasteiger partial charge in [0.1, 0.15) is 6.04 Å². The number of imide groups is 1. The molecule has 0 unspecified atom stereocenters. The summed E-state index contributed by atoms with van der Waals surface area (Å²) in [4.78, 5) is 48.3. The van der Waals surface area contributed by atoms with Crippen LogP contribution in [0.1, 0.15) is 10.4 Å². The van der Waals surface area contributed by atoms with Crippen molar-refractivity contribution in [3.05, 3.63) is 59.1 Å². The Morgan fingerprint density at radius 3 is 2.26 bits per heavy atom. The number of nitrogens with two attached hydrogens (primary N) is 1. The minimum Gasteiger partial charge on any atom is -0.394 e. The maximum Gasteiger partial charge on any atom is 0.320 e. The van der Waals surface area contributed by atoms with Gasteiger partial charge in [-0.05, 0) is 36.4 Å². The first-order chi connectivity index (χ1) is 15.7. The summed E-state index contributed by atoms with van der Waals surface area (Å²) in [5, 5.41) is 28.4. The zero-order chi connectivity index (χ0) is 24.4. The highest BCUT2D eigenvalue weighted by atomic mass is 35.5. The second-order valence-corrected chi connectivity index (χ2v) is 6.93. The van der Waals surface area contributed by atoms with Crippen molar-refractivity contribution < 1.29 is 24.3 Å². The maximum absolute atomic E-state index is 12.2. The van der Waals surface area contributed by atoms with E-state index < -0.39 is 42.9 Å². The second kappa shape index (κ2) is 13.6. The van der Waals surface area contributed by atoms with Gasteiger partial charge in [0.25, 0.3) is 5.91 Å². The molecule has 34 heavy (non-hydrogen) atoms. The molecule has 0 saturated heterocycles. The molecule has 0 aromatic heterocycles. The fraction of sp³-hybridized carbons (Fsp3) is 0.150. The SMILES string of the molecule is Cl.N=C(N)Nc1ccc(C(=O)NC(=O)CNC(=O)[C@H](CO)NC(=O)Nc2ccccc2Cl)cc1. The van der Waals surface area contributed by atoms with Gasteiger partial charge in [-0.25, -0.2) is 4.79 Å². The lowest BCUT2D eigenvalue weighted by atomic mass is 10.2. The first-order valence-electron chi connectivity index (χ1n) is 9.45. The van der Waals surface area contributed by atoms with Crippen LogP contribution in [0.25, 0.3) is 0 Å². The molecule has 2 aromatic rings. The highest BCUT2D eigenvalue weighted by Gasteiger charge is 2.21. The number of hydrogen-bond donors (Lipinski definition) is 8. The van der Waals surface area contributed by atoms with Crippen molar-refractivity contribution in [3.63, 3.8) is 0 Å². The number of nitrogens with one attached hydrogen (secondary N) is 6. The van der Waals surface area contributed by atoms with E-state index in [4.69, 9.17) is 22.7 Å². The van der Waals surface area contributed by atoms with Crippen molar-refractivity contribution in [1.82, 2.24) is 16.0 Å². The van der Waals surface area contributed by atoms with Crippen LogP contribution in [0.4, 0.5) is 16.2 Å². The number of halogens is 2. The molecule has 9 N–H and O–H groups in total. The molecular formula is C20H23Cl2N7O5. The molecule has 0 fully saturated rings. The third-order valence-electron chi connectivity index (χ3n) is 4.03. The number of carbonyl (C=O) groups excluding carboxylic acids is 4. The van der Waals surface area contributed by atoms with Crippen molar-refractivity contribution >= 4 is 65.1 Å². The molecule has 0 bridgehead atoms. The first-order valence-corrected chi connectivity index (χ1v) is 9.83. The number of anilines is 2. The molecule has 0 aliphatic rings. The van der Waals surface area contributed by atoms with Crippen LogP contribution in [0.5, 0.6) is 0 Å². The summed E-state index contributed by atoms with van der Waals surface area (Å²) in [6, 6.07) is 10.1. The van der Waals surface area contributed by atoms with Crippen molar-refractivity contribution in [3.8, 4) is 0 Å². The van der Waals surface area contributed by atoms with E-state index in [1.165, 1.54) is 24.3 Å². The molecule has 5 amide bonds. The Morgan fingerprint density at radius 1 is 1.03 bits per heavy atom. The lowest BCUT2D eigenvalue weighted by Crippen LogP contribution is -2.52. The fourth-order valence-electron chi connectivity index (χ4n) is 2.47. The van der Waals surface area contributed by atoms with Crippen molar-refractivity contribution in [2.45, 2.75) is 6.04 Å². The summed E-state index contributed by atoms with van der Waals surface area (Å²) in [7, 11) is 0. The quantitative estimate of drug-likeness (QED) is 0.187. The zero-order valence-electron chi connectivity index (χ0n) is 17.6. The summed E-state index contributed by atoms with van der Waals surface area (Å²) >= 11 is 5.94. The molecule has 0 aliphatic heterocycles. The molecule has 0 aliphatic carbocycles. The van der Waals surface area contributed by atoms with Gasteiger partial charge in [0.05, 0.1) is 23.9 Å². The highest BCUT2D eigenvalue weighted by Crippen LogP contribution is 2.20. The Balaban J connectivity index is 0.00000578. The van der Waals surface area contributed by atoms with Crippen LogP contribution in [0, 0.1) is 5.41 Å². The number of urea groups is 1. The van der Waals surface area contributed by atoms with Gasteiger partial charge in [0.15, 0.2) is 5.96 Å². The predicted octanol–water partition coefficient (Wildman–Crippen LogP) is 0.622. The summed E-state index contributed by atoms with van der Waals surface area (Å²) in [6.07, 6.45) is 0. The normalized spacial score (nSPS) is 10.6. The fourth-order valence-corrected chi connectivity index (χ4v) is 2.65. The minimum absolute atomic E-state index is 0. The standard InChI is InChI=1S/C20H22ClN7O5.ClH/c21-13-3-1-2-4-14(13)26-20(33)27-15(10-29)18(32)24-9-16(30)28-17(31)11-5-7-12(8-6-11)25-19(22)23;/h1-8,15,29H,9-10H2,(H,24,32)(H4,22,23,25)(H2,26,27,33)(H,28,30,31);1H/t15-;/m0./s1. The molecule has 0 saturated carbocycles. The summed E-state index contributed by atoms with van der Waals surface area (Å²) < 4.78 is 0. The third-order valence-corrected chi connectivity index (χ3v) is 4.36. The van der Waals surface area contributed by atoms with Crippen LogP contribution in [-0.2, 0) is 9.59 Å². The number of aliphatic hydroxyl groups excluding tert-OH is 1. The van der Waals surface area contributed by atoms with Crippen LogP contribution in [0.15, 0.2) is 48.5 Å². The van der Waals surface area contributed by atoms with Gasteiger partial charge in [-0.15, -0.1) is 12.4 Å². The van der Waals surface area contributed by atoms with Gasteiger partial charge in [-0.2, -0.15) is 0 Å². The van der Waals surface area contributed by atoms with Crippen LogP contribution in [-0.4, -0.2) is 54.0 Å². The number of para-hydroxylation sites is 1. The van der Waals surface area contributed by atoms with Crippen molar-refractivity contribution in [1.29, 1.82) is 5.41 Å². The van der Waals surface area contributed by atoms with Crippen LogP contribution in [0.3, 0.4) is 0 Å². The zero-order valence-corrected chi connectivity index (χ0v) is 19.1. The third kappa shape index (κ3) is 8.94. The van der Waals surface area contributed by atoms with E-state index >= 15 is 0 Å². The molecule has 0 radical (unpaired) electrons. The number of hydrogen-bond acceptors (Lipinski definition) is 6.